The van der Waals surface area contributed by atoms with Crippen molar-refractivity contribution in [1.29, 1.82) is 0 Å². The molecule has 0 radical (unpaired) electrons. The first-order valence-electron chi connectivity index (χ1n) is 3.30. The van der Waals surface area contributed by atoms with Gasteiger partial charge in [0.05, 0.1) is 0 Å². The highest BCUT2D eigenvalue weighted by molar-refractivity contribution is 7.27. The van der Waals surface area contributed by atoms with Crippen molar-refractivity contribution in [2.24, 2.45) is 0 Å². The van der Waals surface area contributed by atoms with E-state index in [2.05, 4.69) is 0 Å². The molecule has 2 rings (SSSR count). The molecular weight excluding hydrogens is 159 g/mol. The van der Waals surface area contributed by atoms with E-state index < -0.39 is 0 Å². The van der Waals surface area contributed by atoms with Crippen molar-refractivity contribution in [3.05, 3.63) is 42.2 Å². The molecule has 0 N–H and O–H groups in total. The highest BCUT2D eigenvalue weighted by atomic mass is 31.1. The Labute approximate surface area is 66.8 Å². The van der Waals surface area contributed by atoms with Gasteiger partial charge in [-0.1, -0.05) is 30.3 Å². The zero-order chi connectivity index (χ0) is 7.52. The topological polar surface area (TPSA) is 18.5 Å². The van der Waals surface area contributed by atoms with Crippen LogP contribution >= 0.6 is 9.03 Å². The summed E-state index contributed by atoms with van der Waals surface area (Å²) in [6.45, 7) is 0. The first-order chi connectivity index (χ1) is 5.47. The van der Waals surface area contributed by atoms with E-state index in [1.165, 1.54) is 0 Å². The molecule has 0 bridgehead atoms. The second-order valence-electron chi connectivity index (χ2n) is 2.15. The molecule has 2 nitrogen and oxygen atoms in total. The van der Waals surface area contributed by atoms with Gasteiger partial charge in [0.1, 0.15) is 6.26 Å². The molecule has 56 valence electrons. The van der Waals surface area contributed by atoms with Gasteiger partial charge >= 0.3 is 0 Å². The van der Waals surface area contributed by atoms with E-state index in [0.717, 1.165) is 11.3 Å². The van der Waals surface area contributed by atoms with Gasteiger partial charge in [-0.15, -0.1) is 0 Å². The van der Waals surface area contributed by atoms with Gasteiger partial charge in [0.2, 0.25) is 0 Å². The summed E-state index contributed by atoms with van der Waals surface area (Å²) in [5.74, 6) is 0.823. The number of benzene rings is 1. The summed E-state index contributed by atoms with van der Waals surface area (Å²) in [4.78, 5) is 0. The van der Waals surface area contributed by atoms with E-state index >= 15 is 0 Å². The molecule has 3 heteroatoms. The van der Waals surface area contributed by atoms with Crippen LogP contribution in [0.2, 0.25) is 0 Å². The van der Waals surface area contributed by atoms with Crippen LogP contribution in [0.25, 0.3) is 5.76 Å². The van der Waals surface area contributed by atoms with Crippen molar-refractivity contribution in [2.75, 3.05) is 0 Å². The summed E-state index contributed by atoms with van der Waals surface area (Å²) < 4.78 is 10.2. The SMILES string of the molecule is C1=C(c2ccccc2)OPO1. The van der Waals surface area contributed by atoms with Crippen LogP contribution in [0.3, 0.4) is 0 Å². The maximum Gasteiger partial charge on any atom is 0.275 e. The minimum atomic E-state index is 0.122. The summed E-state index contributed by atoms with van der Waals surface area (Å²) in [6.07, 6.45) is 1.65. The van der Waals surface area contributed by atoms with Crippen LogP contribution in [0.15, 0.2) is 36.6 Å². The van der Waals surface area contributed by atoms with Gasteiger partial charge < -0.3 is 9.05 Å². The molecule has 1 heterocycles. The maximum atomic E-state index is 5.21. The largest absolute Gasteiger partial charge is 0.445 e. The summed E-state index contributed by atoms with van der Waals surface area (Å²) >= 11 is 0. The van der Waals surface area contributed by atoms with E-state index in [4.69, 9.17) is 9.05 Å². The molecule has 0 amide bonds. The van der Waals surface area contributed by atoms with Crippen LogP contribution in [0.4, 0.5) is 0 Å². The lowest BCUT2D eigenvalue weighted by Crippen LogP contribution is -1.78. The molecule has 0 aliphatic carbocycles. The second-order valence-corrected chi connectivity index (χ2v) is 2.76. The van der Waals surface area contributed by atoms with Crippen LogP contribution in [0, 0.1) is 0 Å². The molecule has 11 heavy (non-hydrogen) atoms. The average molecular weight is 166 g/mol. The third-order valence-corrected chi connectivity index (χ3v) is 1.94. The molecule has 1 aliphatic heterocycles. The lowest BCUT2D eigenvalue weighted by Gasteiger charge is -1.97. The predicted octanol–water partition coefficient (Wildman–Crippen LogP) is 2.54. The van der Waals surface area contributed by atoms with E-state index in [9.17, 15) is 0 Å². The molecule has 0 saturated carbocycles. The number of hydrogen-bond acceptors (Lipinski definition) is 2. The molecule has 1 aliphatic rings. The van der Waals surface area contributed by atoms with Gasteiger partial charge in [-0.05, 0) is 0 Å². The standard InChI is InChI=1S/C8H7O2P/c1-2-4-7(5-3-1)8-6-9-11-10-8/h1-6,11H. The fourth-order valence-electron chi connectivity index (χ4n) is 0.900. The fraction of sp³-hybridized carbons (Fsp3) is 0. The van der Waals surface area contributed by atoms with Crippen molar-refractivity contribution >= 4 is 14.8 Å². The molecule has 1 unspecified atom stereocenters. The zero-order valence-corrected chi connectivity index (χ0v) is 6.78. The van der Waals surface area contributed by atoms with Crippen molar-refractivity contribution < 1.29 is 9.05 Å². The summed E-state index contributed by atoms with van der Waals surface area (Å²) in [5, 5.41) is 0. The summed E-state index contributed by atoms with van der Waals surface area (Å²) in [6, 6.07) is 9.90. The number of hydrogen-bond donors (Lipinski definition) is 0. The van der Waals surface area contributed by atoms with Crippen molar-refractivity contribution in [2.45, 2.75) is 0 Å². The van der Waals surface area contributed by atoms with Gasteiger partial charge in [-0.3, -0.25) is 0 Å². The van der Waals surface area contributed by atoms with Gasteiger partial charge in [0.25, 0.3) is 9.03 Å². The molecule has 1 aromatic carbocycles. The smallest absolute Gasteiger partial charge is 0.275 e. The lowest BCUT2D eigenvalue weighted by atomic mass is 10.2. The van der Waals surface area contributed by atoms with E-state index in [1.807, 2.05) is 30.3 Å². The Morgan fingerprint density at radius 1 is 1.09 bits per heavy atom. The Bertz CT molecular complexity index is 269. The van der Waals surface area contributed by atoms with Crippen molar-refractivity contribution in [3.63, 3.8) is 0 Å². The highest BCUT2D eigenvalue weighted by Crippen LogP contribution is 2.33. The highest BCUT2D eigenvalue weighted by Gasteiger charge is 2.07. The van der Waals surface area contributed by atoms with Crippen LogP contribution in [-0.4, -0.2) is 0 Å². The molecule has 1 atom stereocenters. The van der Waals surface area contributed by atoms with Crippen molar-refractivity contribution in [1.82, 2.24) is 0 Å². The Morgan fingerprint density at radius 2 is 1.91 bits per heavy atom. The predicted molar refractivity (Wildman–Crippen MR) is 44.9 cm³/mol. The van der Waals surface area contributed by atoms with E-state index in [-0.39, 0.29) is 9.03 Å². The third-order valence-electron chi connectivity index (χ3n) is 1.42. The van der Waals surface area contributed by atoms with E-state index in [0.29, 0.717) is 0 Å². The van der Waals surface area contributed by atoms with Crippen LogP contribution in [0.5, 0.6) is 0 Å². The normalized spacial score (nSPS) is 17.3. The fourth-order valence-corrected chi connectivity index (χ4v) is 1.36. The Morgan fingerprint density at radius 3 is 2.55 bits per heavy atom. The monoisotopic (exact) mass is 166 g/mol. The Kier molecular flexibility index (Phi) is 1.78. The lowest BCUT2D eigenvalue weighted by molar-refractivity contribution is 0.514. The summed E-state index contributed by atoms with van der Waals surface area (Å²) in [7, 11) is 0.122. The Hall–Kier alpha value is -1.01. The van der Waals surface area contributed by atoms with Crippen LogP contribution < -0.4 is 0 Å². The molecule has 0 fully saturated rings. The third kappa shape index (κ3) is 1.36. The molecule has 0 spiro atoms. The van der Waals surface area contributed by atoms with Crippen molar-refractivity contribution in [3.8, 4) is 0 Å². The molecule has 0 saturated heterocycles. The minimum absolute atomic E-state index is 0.122. The van der Waals surface area contributed by atoms with Gasteiger partial charge in [-0.2, -0.15) is 0 Å². The molecule has 0 aromatic heterocycles. The minimum Gasteiger partial charge on any atom is -0.445 e. The van der Waals surface area contributed by atoms with E-state index in [1.54, 1.807) is 6.26 Å². The quantitative estimate of drug-likeness (QED) is 0.597. The first-order valence-corrected chi connectivity index (χ1v) is 4.11. The first kappa shape index (κ1) is 6.68. The molecule has 1 aromatic rings. The van der Waals surface area contributed by atoms with Gasteiger partial charge in [-0.25, -0.2) is 0 Å². The zero-order valence-electron chi connectivity index (χ0n) is 5.78. The maximum absolute atomic E-state index is 5.21. The van der Waals surface area contributed by atoms with Gasteiger partial charge in [0.15, 0.2) is 5.76 Å². The second kappa shape index (κ2) is 2.93. The summed E-state index contributed by atoms with van der Waals surface area (Å²) in [5.41, 5.74) is 1.07. The number of rotatable bonds is 1. The molecular formula is C8H7O2P. The van der Waals surface area contributed by atoms with Gasteiger partial charge in [0, 0.05) is 5.56 Å². The van der Waals surface area contributed by atoms with Crippen LogP contribution in [-0.2, 0) is 9.05 Å². The van der Waals surface area contributed by atoms with Crippen LogP contribution in [0.1, 0.15) is 5.56 Å². The Balaban J connectivity index is 2.29. The average Bonchev–Trinajstić information content (AvgIpc) is 2.58.